The molecule has 2 bridgehead atoms. The van der Waals surface area contributed by atoms with Crippen molar-refractivity contribution in [3.8, 4) is 0 Å². The van der Waals surface area contributed by atoms with Gasteiger partial charge in [-0.3, -0.25) is 14.9 Å². The summed E-state index contributed by atoms with van der Waals surface area (Å²) in [5.74, 6) is 1.65. The second-order valence-electron chi connectivity index (χ2n) is 6.23. The van der Waals surface area contributed by atoms with Crippen LogP contribution in [0.1, 0.15) is 23.2 Å². The van der Waals surface area contributed by atoms with Gasteiger partial charge >= 0.3 is 0 Å². The first-order chi connectivity index (χ1) is 10.1. The quantitative estimate of drug-likeness (QED) is 0.519. The van der Waals surface area contributed by atoms with E-state index in [9.17, 15) is 14.9 Å². The van der Waals surface area contributed by atoms with Crippen LogP contribution in [0.4, 0.5) is 5.69 Å². The first-order valence-corrected chi connectivity index (χ1v) is 7.31. The third-order valence-electron chi connectivity index (χ3n) is 5.10. The Morgan fingerprint density at radius 2 is 2.05 bits per heavy atom. The van der Waals surface area contributed by atoms with E-state index in [1.54, 1.807) is 0 Å². The first-order valence-electron chi connectivity index (χ1n) is 7.31. The molecule has 4 rings (SSSR count). The molecular weight excluding hydrogens is 272 g/mol. The average Bonchev–Trinajstić information content (AvgIpc) is 3.10. The van der Waals surface area contributed by atoms with E-state index in [1.807, 2.05) is 0 Å². The molecule has 21 heavy (non-hydrogen) atoms. The number of nitrogens with one attached hydrogen (secondary N) is 1. The van der Waals surface area contributed by atoms with Crippen LogP contribution in [0.2, 0.25) is 0 Å². The molecule has 1 saturated heterocycles. The Kier molecular flexibility index (Phi) is 2.75. The Labute approximate surface area is 121 Å². The number of non-ortho nitro benzene ring substituents is 1. The number of amides is 1. The fourth-order valence-corrected chi connectivity index (χ4v) is 4.03. The van der Waals surface area contributed by atoms with Crippen molar-refractivity contribution in [1.29, 1.82) is 0 Å². The lowest BCUT2D eigenvalue weighted by atomic mass is 9.89. The molecule has 3 fully saturated rings. The molecule has 1 aromatic carbocycles. The summed E-state index contributed by atoms with van der Waals surface area (Å²) >= 11 is 0. The van der Waals surface area contributed by atoms with Gasteiger partial charge in [-0.25, -0.2) is 0 Å². The molecule has 2 saturated carbocycles. The van der Waals surface area contributed by atoms with Gasteiger partial charge in [-0.1, -0.05) is 0 Å². The molecule has 0 unspecified atom stereocenters. The largest absolute Gasteiger partial charge is 0.369 e. The summed E-state index contributed by atoms with van der Waals surface area (Å²) in [4.78, 5) is 22.2. The van der Waals surface area contributed by atoms with Crippen molar-refractivity contribution in [2.24, 2.45) is 17.8 Å². The maximum absolute atomic E-state index is 12.1. The van der Waals surface area contributed by atoms with Crippen molar-refractivity contribution >= 4 is 11.6 Å². The molecule has 1 heterocycles. The van der Waals surface area contributed by atoms with E-state index in [4.69, 9.17) is 4.74 Å². The molecule has 6 heteroatoms. The highest BCUT2D eigenvalue weighted by Gasteiger charge is 2.62. The van der Waals surface area contributed by atoms with Gasteiger partial charge in [0.1, 0.15) is 0 Å². The number of nitro groups is 1. The summed E-state index contributed by atoms with van der Waals surface area (Å²) < 4.78 is 5.62. The van der Waals surface area contributed by atoms with Crippen molar-refractivity contribution in [3.05, 3.63) is 39.9 Å². The molecule has 0 radical (unpaired) electrons. The molecule has 0 spiro atoms. The van der Waals surface area contributed by atoms with Crippen LogP contribution >= 0.6 is 0 Å². The summed E-state index contributed by atoms with van der Waals surface area (Å²) in [6.45, 7) is 0.670. The lowest BCUT2D eigenvalue weighted by Crippen LogP contribution is -2.33. The lowest BCUT2D eigenvalue weighted by Gasteiger charge is -2.19. The molecular formula is C15H16N2O4. The van der Waals surface area contributed by atoms with E-state index in [0.717, 1.165) is 6.42 Å². The molecule has 1 aliphatic heterocycles. The first kappa shape index (κ1) is 12.8. The van der Waals surface area contributed by atoms with Gasteiger partial charge in [-0.05, 0) is 42.7 Å². The third kappa shape index (κ3) is 2.10. The molecule has 1 amide bonds. The molecule has 1 N–H and O–H groups in total. The Balaban J connectivity index is 1.34. The SMILES string of the molecule is O=C(NC[C@@H]1C[C@H]2C[C@H]1[C@H]1O[C@H]21)c1ccc([N+](=O)[O-])cc1. The maximum Gasteiger partial charge on any atom is 0.269 e. The summed E-state index contributed by atoms with van der Waals surface area (Å²) in [5, 5.41) is 13.5. The van der Waals surface area contributed by atoms with Crippen LogP contribution in [-0.2, 0) is 4.74 Å². The minimum absolute atomic E-state index is 0.00317. The Hall–Kier alpha value is -1.95. The van der Waals surface area contributed by atoms with Gasteiger partial charge in [0.2, 0.25) is 0 Å². The molecule has 5 atom stereocenters. The second-order valence-corrected chi connectivity index (χ2v) is 6.23. The highest BCUT2D eigenvalue weighted by Crippen LogP contribution is 2.58. The number of carbonyl (C=O) groups is 1. The zero-order valence-electron chi connectivity index (χ0n) is 11.4. The van der Waals surface area contributed by atoms with Crippen molar-refractivity contribution in [3.63, 3.8) is 0 Å². The highest BCUT2D eigenvalue weighted by atomic mass is 16.6. The van der Waals surface area contributed by atoms with E-state index in [1.165, 1.54) is 30.7 Å². The number of nitrogens with zero attached hydrogens (tertiary/aromatic N) is 1. The summed E-state index contributed by atoms with van der Waals surface area (Å²) in [7, 11) is 0. The fraction of sp³-hybridized carbons (Fsp3) is 0.533. The van der Waals surface area contributed by atoms with Crippen LogP contribution in [0, 0.1) is 27.9 Å². The smallest absolute Gasteiger partial charge is 0.269 e. The average molecular weight is 288 g/mol. The molecule has 3 aliphatic rings. The van der Waals surface area contributed by atoms with Gasteiger partial charge in [0.05, 0.1) is 17.1 Å². The zero-order chi connectivity index (χ0) is 14.6. The molecule has 110 valence electrons. The predicted octanol–water partition coefficient (Wildman–Crippen LogP) is 1.75. The van der Waals surface area contributed by atoms with Crippen molar-refractivity contribution in [2.45, 2.75) is 25.0 Å². The van der Waals surface area contributed by atoms with Gasteiger partial charge < -0.3 is 10.1 Å². The van der Waals surface area contributed by atoms with E-state index >= 15 is 0 Å². The van der Waals surface area contributed by atoms with Crippen LogP contribution in [0.15, 0.2) is 24.3 Å². The lowest BCUT2D eigenvalue weighted by molar-refractivity contribution is -0.384. The number of rotatable bonds is 4. The monoisotopic (exact) mass is 288 g/mol. The van der Waals surface area contributed by atoms with Crippen molar-refractivity contribution < 1.29 is 14.5 Å². The van der Waals surface area contributed by atoms with Crippen LogP contribution in [0.5, 0.6) is 0 Å². The standard InChI is InChI=1S/C15H16N2O4/c18-15(8-1-3-11(4-2-8)17(19)20)16-7-10-5-9-6-12(10)14-13(9)21-14/h1-4,9-10,12-14H,5-7H2,(H,16,18)/t9-,10-,12+,13+,14+/m0/s1. The number of hydrogen-bond acceptors (Lipinski definition) is 4. The van der Waals surface area contributed by atoms with Gasteiger partial charge in [0.25, 0.3) is 11.6 Å². The minimum atomic E-state index is -0.469. The van der Waals surface area contributed by atoms with Gasteiger partial charge in [-0.2, -0.15) is 0 Å². The maximum atomic E-state index is 12.1. The summed E-state index contributed by atoms with van der Waals surface area (Å²) in [6, 6.07) is 5.70. The van der Waals surface area contributed by atoms with Gasteiger partial charge in [0.15, 0.2) is 0 Å². The van der Waals surface area contributed by atoms with E-state index in [-0.39, 0.29) is 11.6 Å². The Bertz CT molecular complexity index is 600. The normalized spacial score (nSPS) is 35.3. The van der Waals surface area contributed by atoms with Crippen molar-refractivity contribution in [2.75, 3.05) is 6.54 Å². The fourth-order valence-electron chi connectivity index (χ4n) is 4.03. The highest BCUT2D eigenvalue weighted by molar-refractivity contribution is 5.94. The van der Waals surface area contributed by atoms with E-state index in [2.05, 4.69) is 5.32 Å². The number of fused-ring (bicyclic) bond motifs is 5. The van der Waals surface area contributed by atoms with E-state index in [0.29, 0.717) is 42.1 Å². The topological polar surface area (TPSA) is 84.8 Å². The predicted molar refractivity (Wildman–Crippen MR) is 73.8 cm³/mol. The molecule has 1 aromatic rings. The summed E-state index contributed by atoms with van der Waals surface area (Å²) in [6.07, 6.45) is 3.35. The van der Waals surface area contributed by atoms with Crippen LogP contribution < -0.4 is 5.32 Å². The zero-order valence-corrected chi connectivity index (χ0v) is 11.4. The number of ether oxygens (including phenoxy) is 1. The summed E-state index contributed by atoms with van der Waals surface area (Å²) in [5.41, 5.74) is 0.459. The number of benzene rings is 1. The van der Waals surface area contributed by atoms with Crippen molar-refractivity contribution in [1.82, 2.24) is 5.32 Å². The molecule has 6 nitrogen and oxygen atoms in total. The third-order valence-corrected chi connectivity index (χ3v) is 5.10. The van der Waals surface area contributed by atoms with Gasteiger partial charge in [0, 0.05) is 24.2 Å². The van der Waals surface area contributed by atoms with E-state index < -0.39 is 4.92 Å². The van der Waals surface area contributed by atoms with Gasteiger partial charge in [-0.15, -0.1) is 0 Å². The van der Waals surface area contributed by atoms with Crippen LogP contribution in [0.3, 0.4) is 0 Å². The Morgan fingerprint density at radius 3 is 2.67 bits per heavy atom. The Morgan fingerprint density at radius 1 is 1.29 bits per heavy atom. The number of carbonyl (C=O) groups excluding carboxylic acids is 1. The number of epoxide rings is 1. The number of nitro benzene ring substituents is 1. The second kappa shape index (κ2) is 4.53. The number of hydrogen-bond donors (Lipinski definition) is 1. The van der Waals surface area contributed by atoms with Crippen LogP contribution in [0.25, 0.3) is 0 Å². The molecule has 0 aromatic heterocycles. The molecule has 2 aliphatic carbocycles. The minimum Gasteiger partial charge on any atom is -0.369 e. The van der Waals surface area contributed by atoms with Crippen LogP contribution in [-0.4, -0.2) is 29.6 Å².